The van der Waals surface area contributed by atoms with Gasteiger partial charge in [0.1, 0.15) is 11.6 Å². The number of halogens is 3. The summed E-state index contributed by atoms with van der Waals surface area (Å²) >= 11 is 0. The topological polar surface area (TPSA) is 50.3 Å². The number of rotatable bonds is 7. The van der Waals surface area contributed by atoms with Crippen LogP contribution in [-0.2, 0) is 10.9 Å². The Balaban J connectivity index is 2.96. The van der Waals surface area contributed by atoms with E-state index in [0.29, 0.717) is 26.1 Å². The third kappa shape index (κ3) is 4.84. The fraction of sp³-hybridized carbons (Fsp3) is 0.667. The lowest BCUT2D eigenvalue weighted by Gasteiger charge is -2.20. The maximum absolute atomic E-state index is 12.8. The van der Waals surface area contributed by atoms with E-state index in [2.05, 4.69) is 15.3 Å². The molecule has 0 atom stereocenters. The van der Waals surface area contributed by atoms with Crippen molar-refractivity contribution in [2.45, 2.75) is 19.5 Å². The van der Waals surface area contributed by atoms with Crippen LogP contribution in [0.3, 0.4) is 0 Å². The molecule has 1 heterocycles. The zero-order chi connectivity index (χ0) is 15.2. The predicted molar refractivity (Wildman–Crippen MR) is 71.0 cm³/mol. The summed E-state index contributed by atoms with van der Waals surface area (Å²) in [7, 11) is 3.27. The van der Waals surface area contributed by atoms with Crippen molar-refractivity contribution in [1.82, 2.24) is 9.97 Å². The second kappa shape index (κ2) is 7.28. The van der Waals surface area contributed by atoms with Crippen molar-refractivity contribution in [1.29, 1.82) is 0 Å². The molecule has 0 fully saturated rings. The third-order valence-electron chi connectivity index (χ3n) is 2.56. The molecule has 0 aliphatic heterocycles. The average Bonchev–Trinajstić information content (AvgIpc) is 2.38. The summed E-state index contributed by atoms with van der Waals surface area (Å²) in [5.41, 5.74) is 0. The molecular formula is C12H19F3N4O. The highest BCUT2D eigenvalue weighted by molar-refractivity contribution is 5.49. The Hall–Kier alpha value is -1.57. The van der Waals surface area contributed by atoms with E-state index >= 15 is 0 Å². The van der Waals surface area contributed by atoms with Crippen LogP contribution < -0.4 is 10.2 Å². The van der Waals surface area contributed by atoms with Crippen LogP contribution >= 0.6 is 0 Å². The lowest BCUT2D eigenvalue weighted by atomic mass is 10.4. The smallest absolute Gasteiger partial charge is 0.385 e. The lowest BCUT2D eigenvalue weighted by Crippen LogP contribution is -2.23. The Labute approximate surface area is 116 Å². The number of methoxy groups -OCH3 is 1. The van der Waals surface area contributed by atoms with Gasteiger partial charge in [-0.3, -0.25) is 0 Å². The molecule has 0 saturated carbocycles. The summed E-state index contributed by atoms with van der Waals surface area (Å²) in [6.45, 7) is 3.37. The molecule has 0 bridgehead atoms. The van der Waals surface area contributed by atoms with Crippen molar-refractivity contribution in [3.63, 3.8) is 0 Å². The first-order valence-electron chi connectivity index (χ1n) is 6.28. The molecule has 5 nitrogen and oxygen atoms in total. The Morgan fingerprint density at radius 1 is 1.35 bits per heavy atom. The van der Waals surface area contributed by atoms with E-state index in [9.17, 15) is 13.2 Å². The van der Waals surface area contributed by atoms with E-state index in [0.717, 1.165) is 0 Å². The summed E-state index contributed by atoms with van der Waals surface area (Å²) in [4.78, 5) is 8.70. The van der Waals surface area contributed by atoms with Gasteiger partial charge < -0.3 is 15.0 Å². The van der Waals surface area contributed by atoms with E-state index in [4.69, 9.17) is 4.74 Å². The maximum Gasteiger partial charge on any atom is 0.451 e. The highest BCUT2D eigenvalue weighted by Gasteiger charge is 2.35. The normalized spacial score (nSPS) is 11.5. The average molecular weight is 292 g/mol. The van der Waals surface area contributed by atoms with Crippen molar-refractivity contribution >= 4 is 11.6 Å². The van der Waals surface area contributed by atoms with Crippen LogP contribution in [0.4, 0.5) is 24.8 Å². The minimum Gasteiger partial charge on any atom is -0.385 e. The van der Waals surface area contributed by atoms with Gasteiger partial charge in [0.05, 0.1) is 0 Å². The van der Waals surface area contributed by atoms with E-state index in [-0.39, 0.29) is 11.6 Å². The molecule has 0 unspecified atom stereocenters. The van der Waals surface area contributed by atoms with E-state index < -0.39 is 12.0 Å². The van der Waals surface area contributed by atoms with Gasteiger partial charge in [0.25, 0.3) is 0 Å². The van der Waals surface area contributed by atoms with Gasteiger partial charge in [-0.05, 0) is 13.3 Å². The number of nitrogens with one attached hydrogen (secondary N) is 1. The highest BCUT2D eigenvalue weighted by Crippen LogP contribution is 2.29. The summed E-state index contributed by atoms with van der Waals surface area (Å²) in [5, 5.41) is 2.78. The Morgan fingerprint density at radius 3 is 2.60 bits per heavy atom. The summed E-state index contributed by atoms with van der Waals surface area (Å²) in [6.07, 6.45) is -3.86. The molecule has 1 N–H and O–H groups in total. The molecule has 114 valence electrons. The molecule has 0 aromatic carbocycles. The van der Waals surface area contributed by atoms with Gasteiger partial charge in [0, 0.05) is 39.9 Å². The monoisotopic (exact) mass is 292 g/mol. The number of nitrogens with zero attached hydrogens (tertiary/aromatic N) is 3. The standard InChI is InChI=1S/C12H19F3N4O/c1-4-16-9-8-10(19(2)6-5-7-20-3)18-11(17-9)12(13,14)15/h8H,4-7H2,1-3H3,(H,16,17,18). The molecule has 0 radical (unpaired) electrons. The van der Waals surface area contributed by atoms with Crippen molar-refractivity contribution < 1.29 is 17.9 Å². The van der Waals surface area contributed by atoms with Crippen molar-refractivity contribution in [3.8, 4) is 0 Å². The first kappa shape index (κ1) is 16.5. The van der Waals surface area contributed by atoms with Gasteiger partial charge in [-0.15, -0.1) is 0 Å². The first-order valence-corrected chi connectivity index (χ1v) is 6.28. The lowest BCUT2D eigenvalue weighted by molar-refractivity contribution is -0.144. The number of hydrogen-bond acceptors (Lipinski definition) is 5. The van der Waals surface area contributed by atoms with Crippen LogP contribution in [0.15, 0.2) is 6.07 Å². The Kier molecular flexibility index (Phi) is 6.00. The highest BCUT2D eigenvalue weighted by atomic mass is 19.4. The minimum absolute atomic E-state index is 0.170. The quantitative estimate of drug-likeness (QED) is 0.782. The van der Waals surface area contributed by atoms with Gasteiger partial charge in [0.15, 0.2) is 0 Å². The number of anilines is 2. The molecule has 20 heavy (non-hydrogen) atoms. The minimum atomic E-state index is -4.56. The first-order chi connectivity index (χ1) is 9.38. The second-order valence-corrected chi connectivity index (χ2v) is 4.23. The van der Waals surface area contributed by atoms with E-state index in [1.165, 1.54) is 6.07 Å². The molecule has 1 aromatic heterocycles. The number of alkyl halides is 3. The van der Waals surface area contributed by atoms with Crippen LogP contribution in [0.5, 0.6) is 0 Å². The second-order valence-electron chi connectivity index (χ2n) is 4.23. The molecule has 1 rings (SSSR count). The largest absolute Gasteiger partial charge is 0.451 e. The van der Waals surface area contributed by atoms with Crippen LogP contribution in [-0.4, -0.2) is 43.8 Å². The molecule has 1 aromatic rings. The summed E-state index contributed by atoms with van der Waals surface area (Å²) < 4.78 is 43.2. The van der Waals surface area contributed by atoms with Crippen LogP contribution in [0.2, 0.25) is 0 Å². The molecule has 0 saturated heterocycles. The van der Waals surface area contributed by atoms with Gasteiger partial charge in [-0.1, -0.05) is 0 Å². The Bertz CT molecular complexity index is 426. The van der Waals surface area contributed by atoms with Crippen LogP contribution in [0, 0.1) is 0 Å². The zero-order valence-electron chi connectivity index (χ0n) is 11.8. The molecule has 0 aliphatic carbocycles. The van der Waals surface area contributed by atoms with Crippen molar-refractivity contribution in [2.24, 2.45) is 0 Å². The molecular weight excluding hydrogens is 273 g/mol. The van der Waals surface area contributed by atoms with Gasteiger partial charge in [-0.2, -0.15) is 13.2 Å². The SMILES string of the molecule is CCNc1cc(N(C)CCCOC)nc(C(F)(F)F)n1. The predicted octanol–water partition coefficient (Wildman–Crippen LogP) is 2.40. The van der Waals surface area contributed by atoms with Gasteiger partial charge >= 0.3 is 6.18 Å². The third-order valence-corrected chi connectivity index (χ3v) is 2.56. The Morgan fingerprint density at radius 2 is 2.05 bits per heavy atom. The molecule has 0 aliphatic rings. The van der Waals surface area contributed by atoms with Crippen molar-refractivity contribution in [2.75, 3.05) is 44.1 Å². The van der Waals surface area contributed by atoms with E-state index in [1.54, 1.807) is 26.0 Å². The molecule has 8 heteroatoms. The fourth-order valence-corrected chi connectivity index (χ4v) is 1.59. The molecule has 0 spiro atoms. The number of ether oxygens (including phenoxy) is 1. The van der Waals surface area contributed by atoms with Gasteiger partial charge in [-0.25, -0.2) is 9.97 Å². The zero-order valence-corrected chi connectivity index (χ0v) is 11.8. The maximum atomic E-state index is 12.8. The molecule has 0 amide bonds. The number of aromatic nitrogens is 2. The number of hydrogen-bond donors (Lipinski definition) is 1. The summed E-state index contributed by atoms with van der Waals surface area (Å²) in [6, 6.07) is 1.51. The van der Waals surface area contributed by atoms with Crippen LogP contribution in [0.1, 0.15) is 19.2 Å². The fourth-order valence-electron chi connectivity index (χ4n) is 1.59. The summed E-state index contributed by atoms with van der Waals surface area (Å²) in [5.74, 6) is -0.729. The van der Waals surface area contributed by atoms with E-state index in [1.807, 2.05) is 0 Å². The van der Waals surface area contributed by atoms with Crippen LogP contribution in [0.25, 0.3) is 0 Å². The van der Waals surface area contributed by atoms with Gasteiger partial charge in [0.2, 0.25) is 5.82 Å². The van der Waals surface area contributed by atoms with Crippen molar-refractivity contribution in [3.05, 3.63) is 11.9 Å².